The van der Waals surface area contributed by atoms with E-state index in [0.717, 1.165) is 0 Å². The molecule has 1 fully saturated rings. The highest BCUT2D eigenvalue weighted by molar-refractivity contribution is 5.75. The van der Waals surface area contributed by atoms with Crippen LogP contribution < -0.4 is 5.32 Å². The molecule has 4 N–H and O–H groups in total. The molecule has 20 heavy (non-hydrogen) atoms. The Labute approximate surface area is 116 Å². The van der Waals surface area contributed by atoms with Crippen LogP contribution in [0.3, 0.4) is 0 Å². The molecule has 0 radical (unpaired) electrons. The van der Waals surface area contributed by atoms with Gasteiger partial charge in [-0.15, -0.1) is 0 Å². The number of ketones is 1. The van der Waals surface area contributed by atoms with Crippen molar-refractivity contribution >= 4 is 11.7 Å². The molecule has 116 valence electrons. The van der Waals surface area contributed by atoms with Crippen LogP contribution in [0.1, 0.15) is 20.3 Å². The predicted octanol–water partition coefficient (Wildman–Crippen LogP) is -2.07. The molecule has 8 nitrogen and oxygen atoms in total. The molecule has 0 bridgehead atoms. The van der Waals surface area contributed by atoms with Gasteiger partial charge in [0.2, 0.25) is 5.91 Å². The third kappa shape index (κ3) is 4.50. The first-order valence-electron chi connectivity index (χ1n) is 6.37. The van der Waals surface area contributed by atoms with E-state index in [0.29, 0.717) is 0 Å². The summed E-state index contributed by atoms with van der Waals surface area (Å²) in [4.78, 5) is 22.0. The van der Waals surface area contributed by atoms with Crippen LogP contribution in [-0.4, -0.2) is 70.9 Å². The van der Waals surface area contributed by atoms with Gasteiger partial charge in [0.05, 0.1) is 13.2 Å². The van der Waals surface area contributed by atoms with Crippen molar-refractivity contribution < 1.29 is 34.4 Å². The average molecular weight is 291 g/mol. The Balaban J connectivity index is 2.72. The highest BCUT2D eigenvalue weighted by Crippen LogP contribution is 2.22. The van der Waals surface area contributed by atoms with Gasteiger partial charge in [0.15, 0.2) is 6.29 Å². The van der Waals surface area contributed by atoms with Crippen LogP contribution in [0.4, 0.5) is 0 Å². The molecule has 0 saturated carbocycles. The van der Waals surface area contributed by atoms with Crippen molar-refractivity contribution in [1.82, 2.24) is 5.32 Å². The lowest BCUT2D eigenvalue weighted by atomic mass is 9.97. The summed E-state index contributed by atoms with van der Waals surface area (Å²) in [5.74, 6) is -0.497. The molecule has 0 aromatic rings. The Morgan fingerprint density at radius 1 is 1.25 bits per heavy atom. The largest absolute Gasteiger partial charge is 0.394 e. The molecule has 1 heterocycles. The normalized spacial score (nSPS) is 33.8. The van der Waals surface area contributed by atoms with Gasteiger partial charge in [-0.05, 0) is 6.92 Å². The number of nitrogens with one attached hydrogen (secondary N) is 1. The van der Waals surface area contributed by atoms with E-state index in [-0.39, 0.29) is 18.8 Å². The number of hydrogen-bond acceptors (Lipinski definition) is 7. The van der Waals surface area contributed by atoms with Crippen LogP contribution in [0.15, 0.2) is 0 Å². The van der Waals surface area contributed by atoms with Crippen LogP contribution in [-0.2, 0) is 19.1 Å². The number of aliphatic hydroxyl groups excluding tert-OH is 3. The molecule has 1 rings (SSSR count). The summed E-state index contributed by atoms with van der Waals surface area (Å²) in [7, 11) is 0. The summed E-state index contributed by atoms with van der Waals surface area (Å²) in [6.07, 6.45) is -4.59. The quantitative estimate of drug-likeness (QED) is 0.443. The second-order valence-corrected chi connectivity index (χ2v) is 4.76. The Kier molecular flexibility index (Phi) is 6.50. The molecule has 0 spiro atoms. The molecule has 0 aromatic carbocycles. The van der Waals surface area contributed by atoms with Crippen molar-refractivity contribution in [3.8, 4) is 0 Å². The van der Waals surface area contributed by atoms with Crippen molar-refractivity contribution in [2.24, 2.45) is 0 Å². The summed E-state index contributed by atoms with van der Waals surface area (Å²) in [6.45, 7) is 2.21. The molecular weight excluding hydrogens is 270 g/mol. The van der Waals surface area contributed by atoms with E-state index in [1.54, 1.807) is 0 Å². The number of carbonyl (C=O) groups excluding carboxylic acids is 2. The molecule has 0 aromatic heterocycles. The first kappa shape index (κ1) is 17.0. The van der Waals surface area contributed by atoms with E-state index in [1.165, 1.54) is 13.8 Å². The number of Topliss-reactive ketones (excluding diaryl/α,β-unsaturated/α-hetero) is 1. The minimum absolute atomic E-state index is 0.0526. The average Bonchev–Trinajstić information content (AvgIpc) is 2.36. The summed E-state index contributed by atoms with van der Waals surface area (Å²) >= 11 is 0. The van der Waals surface area contributed by atoms with Gasteiger partial charge in [-0.2, -0.15) is 0 Å². The van der Waals surface area contributed by atoms with Crippen LogP contribution in [0.5, 0.6) is 0 Å². The van der Waals surface area contributed by atoms with E-state index in [2.05, 4.69) is 5.32 Å². The molecular formula is C12H21NO7. The van der Waals surface area contributed by atoms with Crippen molar-refractivity contribution in [2.75, 3.05) is 13.2 Å². The van der Waals surface area contributed by atoms with Gasteiger partial charge in [-0.25, -0.2) is 0 Å². The third-order valence-corrected chi connectivity index (χ3v) is 2.99. The molecule has 5 atom stereocenters. The molecule has 0 aliphatic carbocycles. The topological polar surface area (TPSA) is 125 Å². The summed E-state index contributed by atoms with van der Waals surface area (Å²) in [5.41, 5.74) is 0. The Morgan fingerprint density at radius 3 is 2.40 bits per heavy atom. The van der Waals surface area contributed by atoms with E-state index in [9.17, 15) is 19.8 Å². The number of rotatable bonds is 6. The van der Waals surface area contributed by atoms with Gasteiger partial charge in [-0.3, -0.25) is 9.59 Å². The lowest BCUT2D eigenvalue weighted by Crippen LogP contribution is -2.64. The second kappa shape index (κ2) is 7.65. The molecule has 1 aliphatic heterocycles. The Bertz CT molecular complexity index is 349. The minimum Gasteiger partial charge on any atom is -0.394 e. The SMILES string of the molecule is CC(=O)CCO[C@@H]1OC(CO)[C@H](O)[C@H](O)C1NC(C)=O. The lowest BCUT2D eigenvalue weighted by Gasteiger charge is -2.42. The van der Waals surface area contributed by atoms with Crippen LogP contribution in [0, 0.1) is 0 Å². The Morgan fingerprint density at radius 2 is 1.90 bits per heavy atom. The zero-order valence-electron chi connectivity index (χ0n) is 11.5. The number of aliphatic hydroxyl groups is 3. The van der Waals surface area contributed by atoms with Gasteiger partial charge in [0.25, 0.3) is 0 Å². The monoisotopic (exact) mass is 291 g/mol. The van der Waals surface area contributed by atoms with Gasteiger partial charge in [-0.1, -0.05) is 0 Å². The van der Waals surface area contributed by atoms with E-state index in [4.69, 9.17) is 14.6 Å². The second-order valence-electron chi connectivity index (χ2n) is 4.76. The van der Waals surface area contributed by atoms with Crippen LogP contribution >= 0.6 is 0 Å². The lowest BCUT2D eigenvalue weighted by molar-refractivity contribution is -0.269. The van der Waals surface area contributed by atoms with Crippen LogP contribution in [0.25, 0.3) is 0 Å². The maximum Gasteiger partial charge on any atom is 0.217 e. The van der Waals surface area contributed by atoms with E-state index in [1.807, 2.05) is 0 Å². The fraction of sp³-hybridized carbons (Fsp3) is 0.833. The maximum atomic E-state index is 11.1. The van der Waals surface area contributed by atoms with Crippen molar-refractivity contribution in [3.63, 3.8) is 0 Å². The molecule has 1 amide bonds. The first-order chi connectivity index (χ1) is 9.36. The highest BCUT2D eigenvalue weighted by Gasteiger charge is 2.45. The third-order valence-electron chi connectivity index (χ3n) is 2.99. The highest BCUT2D eigenvalue weighted by atomic mass is 16.7. The zero-order valence-corrected chi connectivity index (χ0v) is 11.5. The van der Waals surface area contributed by atoms with Gasteiger partial charge >= 0.3 is 0 Å². The van der Waals surface area contributed by atoms with Crippen LogP contribution in [0.2, 0.25) is 0 Å². The molecule has 1 saturated heterocycles. The summed E-state index contributed by atoms with van der Waals surface area (Å²) < 4.78 is 10.6. The van der Waals surface area contributed by atoms with E-state index < -0.39 is 43.2 Å². The smallest absolute Gasteiger partial charge is 0.217 e. The molecule has 2 unspecified atom stereocenters. The fourth-order valence-corrected chi connectivity index (χ4v) is 1.93. The maximum absolute atomic E-state index is 11.1. The summed E-state index contributed by atoms with van der Waals surface area (Å²) in [6, 6.07) is -0.975. The van der Waals surface area contributed by atoms with Gasteiger partial charge in [0.1, 0.15) is 30.1 Å². The van der Waals surface area contributed by atoms with Crippen molar-refractivity contribution in [3.05, 3.63) is 0 Å². The predicted molar refractivity (Wildman–Crippen MR) is 66.6 cm³/mol. The Hall–Kier alpha value is -1.06. The number of ether oxygens (including phenoxy) is 2. The van der Waals surface area contributed by atoms with Gasteiger partial charge < -0.3 is 30.1 Å². The number of carbonyl (C=O) groups is 2. The first-order valence-corrected chi connectivity index (χ1v) is 6.37. The fourth-order valence-electron chi connectivity index (χ4n) is 1.93. The summed E-state index contributed by atoms with van der Waals surface area (Å²) in [5, 5.41) is 31.2. The molecule has 1 aliphatic rings. The minimum atomic E-state index is -1.34. The number of amides is 1. The van der Waals surface area contributed by atoms with Crippen molar-refractivity contribution in [2.45, 2.75) is 50.9 Å². The molecule has 8 heteroatoms. The zero-order chi connectivity index (χ0) is 15.3. The van der Waals surface area contributed by atoms with E-state index >= 15 is 0 Å². The standard InChI is InChI=1S/C12H21NO7/c1-6(15)3-4-19-12-9(13-7(2)16)11(18)10(17)8(5-14)20-12/h8-12,14,17-18H,3-5H2,1-2H3,(H,13,16)/t8?,9?,10-,11+,12+/m0/s1. The van der Waals surface area contributed by atoms with Gasteiger partial charge in [0, 0.05) is 13.3 Å². The van der Waals surface area contributed by atoms with Crippen molar-refractivity contribution in [1.29, 1.82) is 0 Å². The number of hydrogen-bond donors (Lipinski definition) is 4.